The number of aryl methyl sites for hydroxylation is 2. The maximum absolute atomic E-state index is 12.2. The summed E-state index contributed by atoms with van der Waals surface area (Å²) in [5.74, 6) is -0.436. The molecule has 112 valence electrons. The molecule has 2 aromatic rings. The Morgan fingerprint density at radius 2 is 2.10 bits per heavy atom. The predicted molar refractivity (Wildman–Crippen MR) is 78.7 cm³/mol. The minimum atomic E-state index is -3.87. The Morgan fingerprint density at radius 3 is 2.62 bits per heavy atom. The Kier molecular flexibility index (Phi) is 4.04. The molecule has 0 fully saturated rings. The molecule has 0 radical (unpaired) electrons. The highest BCUT2D eigenvalue weighted by Crippen LogP contribution is 2.25. The number of benzene rings is 1. The average molecular weight is 329 g/mol. The van der Waals surface area contributed by atoms with E-state index in [1.807, 2.05) is 0 Å². The van der Waals surface area contributed by atoms with E-state index in [1.165, 1.54) is 22.9 Å². The van der Waals surface area contributed by atoms with Gasteiger partial charge in [0.1, 0.15) is 0 Å². The number of halogens is 1. The number of nitrogens with one attached hydrogen (secondary N) is 1. The molecule has 21 heavy (non-hydrogen) atoms. The fraction of sp³-hybridized carbons (Fsp3) is 0.167. The first-order valence-corrected chi connectivity index (χ1v) is 7.75. The lowest BCUT2D eigenvalue weighted by Gasteiger charge is -2.08. The summed E-state index contributed by atoms with van der Waals surface area (Å²) in [7, 11) is -2.18. The lowest BCUT2D eigenvalue weighted by Crippen LogP contribution is -2.15. The quantitative estimate of drug-likeness (QED) is 0.884. The van der Waals surface area contributed by atoms with Gasteiger partial charge in [0.05, 0.1) is 26.9 Å². The van der Waals surface area contributed by atoms with E-state index in [0.29, 0.717) is 11.3 Å². The van der Waals surface area contributed by atoms with Gasteiger partial charge in [-0.2, -0.15) is 5.10 Å². The van der Waals surface area contributed by atoms with Crippen LogP contribution in [0, 0.1) is 6.92 Å². The van der Waals surface area contributed by atoms with Gasteiger partial charge < -0.3 is 5.32 Å². The fourth-order valence-corrected chi connectivity index (χ4v) is 2.49. The van der Waals surface area contributed by atoms with Crippen LogP contribution in [0.2, 0.25) is 5.02 Å². The lowest BCUT2D eigenvalue weighted by molar-refractivity contribution is 0.102. The van der Waals surface area contributed by atoms with Crippen LogP contribution >= 0.6 is 11.6 Å². The van der Waals surface area contributed by atoms with Crippen molar-refractivity contribution in [1.29, 1.82) is 0 Å². The van der Waals surface area contributed by atoms with E-state index in [2.05, 4.69) is 10.4 Å². The van der Waals surface area contributed by atoms with E-state index in [1.54, 1.807) is 20.2 Å². The van der Waals surface area contributed by atoms with E-state index in [0.717, 1.165) is 0 Å². The van der Waals surface area contributed by atoms with Crippen LogP contribution in [0.5, 0.6) is 0 Å². The Balaban J connectivity index is 2.35. The summed E-state index contributed by atoms with van der Waals surface area (Å²) < 4.78 is 24.1. The summed E-state index contributed by atoms with van der Waals surface area (Å²) in [6, 6.07) is 3.83. The smallest absolute Gasteiger partial charge is 0.259 e. The normalized spacial score (nSPS) is 11.4. The second-order valence-corrected chi connectivity index (χ2v) is 6.41. The number of carbonyl (C=O) groups is 1. The number of rotatable bonds is 3. The summed E-state index contributed by atoms with van der Waals surface area (Å²) in [6.45, 7) is 1.69. The molecular weight excluding hydrogens is 316 g/mol. The minimum absolute atomic E-state index is 0.134. The van der Waals surface area contributed by atoms with Crippen LogP contribution < -0.4 is 10.5 Å². The van der Waals surface area contributed by atoms with Gasteiger partial charge in [-0.1, -0.05) is 11.6 Å². The number of hydrogen-bond donors (Lipinski definition) is 2. The number of nitrogens with zero attached hydrogens (tertiary/aromatic N) is 2. The maximum atomic E-state index is 12.2. The predicted octanol–water partition coefficient (Wildman–Crippen LogP) is 1.28. The molecule has 9 heteroatoms. The standard InChI is InChI=1S/C12H13ClN4O3S/c1-7-9(6-17(2)16-7)12(18)15-11-5-8(21(14,19)20)3-4-10(11)13/h3-6H,1-2H3,(H,15,18)(H2,14,19,20). The maximum Gasteiger partial charge on any atom is 0.259 e. The Hall–Kier alpha value is -1.90. The molecule has 7 nitrogen and oxygen atoms in total. The van der Waals surface area contributed by atoms with Crippen molar-refractivity contribution < 1.29 is 13.2 Å². The van der Waals surface area contributed by atoms with Crippen LogP contribution in [0.1, 0.15) is 16.1 Å². The zero-order valence-electron chi connectivity index (χ0n) is 11.3. The van der Waals surface area contributed by atoms with E-state index in [9.17, 15) is 13.2 Å². The summed E-state index contributed by atoms with van der Waals surface area (Å²) in [5.41, 5.74) is 1.08. The molecule has 0 atom stereocenters. The largest absolute Gasteiger partial charge is 0.320 e. The number of primary sulfonamides is 1. The van der Waals surface area contributed by atoms with Crippen LogP contribution in [0.15, 0.2) is 29.3 Å². The van der Waals surface area contributed by atoms with Crippen molar-refractivity contribution in [2.45, 2.75) is 11.8 Å². The molecule has 2 rings (SSSR count). The second-order valence-electron chi connectivity index (χ2n) is 4.44. The molecule has 0 aliphatic rings. The Labute approximate surface area is 126 Å². The number of sulfonamides is 1. The molecule has 0 bridgehead atoms. The van der Waals surface area contributed by atoms with Crippen LogP contribution in [0.3, 0.4) is 0 Å². The first kappa shape index (κ1) is 15.5. The SMILES string of the molecule is Cc1nn(C)cc1C(=O)Nc1cc(S(N)(=O)=O)ccc1Cl. The summed E-state index contributed by atoms with van der Waals surface area (Å²) >= 11 is 5.95. The molecule has 3 N–H and O–H groups in total. The van der Waals surface area contributed by atoms with Gasteiger partial charge in [-0.25, -0.2) is 13.6 Å². The molecule has 0 saturated carbocycles. The molecule has 0 aliphatic heterocycles. The molecule has 0 unspecified atom stereocenters. The van der Waals surface area contributed by atoms with Crippen LogP contribution in [-0.2, 0) is 17.1 Å². The van der Waals surface area contributed by atoms with Gasteiger partial charge in [0, 0.05) is 13.2 Å². The molecule has 0 spiro atoms. The molecule has 1 amide bonds. The van der Waals surface area contributed by atoms with E-state index in [-0.39, 0.29) is 15.6 Å². The average Bonchev–Trinajstić information content (AvgIpc) is 2.70. The van der Waals surface area contributed by atoms with Crippen LogP contribution in [0.4, 0.5) is 5.69 Å². The third-order valence-electron chi connectivity index (χ3n) is 2.77. The van der Waals surface area contributed by atoms with Crippen LogP contribution in [-0.4, -0.2) is 24.1 Å². The Morgan fingerprint density at radius 1 is 1.43 bits per heavy atom. The van der Waals surface area contributed by atoms with Gasteiger partial charge in [0.2, 0.25) is 10.0 Å². The molecular formula is C12H13ClN4O3S. The number of aromatic nitrogens is 2. The van der Waals surface area contributed by atoms with Crippen LogP contribution in [0.25, 0.3) is 0 Å². The molecule has 0 aliphatic carbocycles. The molecule has 1 aromatic carbocycles. The highest BCUT2D eigenvalue weighted by atomic mass is 35.5. The third-order valence-corrected chi connectivity index (χ3v) is 4.01. The summed E-state index contributed by atoms with van der Waals surface area (Å²) in [6.07, 6.45) is 1.56. The highest BCUT2D eigenvalue weighted by Gasteiger charge is 2.16. The van der Waals surface area contributed by atoms with Crippen molar-refractivity contribution in [3.8, 4) is 0 Å². The monoisotopic (exact) mass is 328 g/mol. The van der Waals surface area contributed by atoms with Gasteiger partial charge in [0.25, 0.3) is 5.91 Å². The van der Waals surface area contributed by atoms with E-state index >= 15 is 0 Å². The molecule has 0 saturated heterocycles. The number of anilines is 1. The van der Waals surface area contributed by atoms with Gasteiger partial charge >= 0.3 is 0 Å². The summed E-state index contributed by atoms with van der Waals surface area (Å²) in [5, 5.41) is 11.9. The van der Waals surface area contributed by atoms with Crippen molar-refractivity contribution in [3.63, 3.8) is 0 Å². The molecule has 1 aromatic heterocycles. The van der Waals surface area contributed by atoms with Crippen molar-refractivity contribution in [2.75, 3.05) is 5.32 Å². The number of nitrogens with two attached hydrogens (primary N) is 1. The fourth-order valence-electron chi connectivity index (χ4n) is 1.79. The summed E-state index contributed by atoms with van der Waals surface area (Å²) in [4.78, 5) is 12.0. The zero-order chi connectivity index (χ0) is 15.8. The van der Waals surface area contributed by atoms with E-state index in [4.69, 9.17) is 16.7 Å². The van der Waals surface area contributed by atoms with E-state index < -0.39 is 15.9 Å². The lowest BCUT2D eigenvalue weighted by atomic mass is 10.2. The minimum Gasteiger partial charge on any atom is -0.320 e. The second kappa shape index (κ2) is 5.47. The van der Waals surface area contributed by atoms with Crippen molar-refractivity contribution in [1.82, 2.24) is 9.78 Å². The van der Waals surface area contributed by atoms with Crippen molar-refractivity contribution in [2.24, 2.45) is 12.2 Å². The van der Waals surface area contributed by atoms with Crippen molar-refractivity contribution in [3.05, 3.63) is 40.7 Å². The number of hydrogen-bond acceptors (Lipinski definition) is 4. The first-order chi connectivity index (χ1) is 9.68. The number of carbonyl (C=O) groups excluding carboxylic acids is 1. The number of amides is 1. The zero-order valence-corrected chi connectivity index (χ0v) is 12.9. The van der Waals surface area contributed by atoms with Crippen molar-refractivity contribution >= 4 is 33.2 Å². The first-order valence-electron chi connectivity index (χ1n) is 5.82. The van der Waals surface area contributed by atoms with Gasteiger partial charge in [0.15, 0.2) is 0 Å². The topological polar surface area (TPSA) is 107 Å². The van der Waals surface area contributed by atoms with Gasteiger partial charge in [-0.15, -0.1) is 0 Å². The highest BCUT2D eigenvalue weighted by molar-refractivity contribution is 7.89. The van der Waals surface area contributed by atoms with Gasteiger partial charge in [-0.3, -0.25) is 9.48 Å². The third kappa shape index (κ3) is 3.41. The Bertz CT molecular complexity index is 814. The van der Waals surface area contributed by atoms with Gasteiger partial charge in [-0.05, 0) is 25.1 Å². The molecule has 1 heterocycles.